The Kier molecular flexibility index (Phi) is 5.02. The van der Waals surface area contributed by atoms with Gasteiger partial charge in [-0.15, -0.1) is 0 Å². The highest BCUT2D eigenvalue weighted by molar-refractivity contribution is 7.85. The van der Waals surface area contributed by atoms with Gasteiger partial charge in [-0.1, -0.05) is 20.3 Å². The topological polar surface area (TPSA) is 43.1 Å². The Morgan fingerprint density at radius 1 is 1.50 bits per heavy atom. The summed E-state index contributed by atoms with van der Waals surface area (Å²) < 4.78 is 11.6. The van der Waals surface area contributed by atoms with Gasteiger partial charge in [0.15, 0.2) is 0 Å². The summed E-state index contributed by atoms with van der Waals surface area (Å²) in [4.78, 5) is 0. The molecule has 0 saturated carbocycles. The summed E-state index contributed by atoms with van der Waals surface area (Å²) in [5.41, 5.74) is 5.48. The summed E-state index contributed by atoms with van der Waals surface area (Å²) in [7, 11) is -0.759. The number of rotatable bonds is 5. The Labute approximate surface area is 78.4 Å². The Balaban J connectivity index is 3.87. The number of hydrogen-bond donors (Lipinski definition) is 1. The molecule has 0 bridgehead atoms. The quantitative estimate of drug-likeness (QED) is 0.718. The van der Waals surface area contributed by atoms with Crippen molar-refractivity contribution in [3.8, 4) is 0 Å². The van der Waals surface area contributed by atoms with Crippen LogP contribution in [0.4, 0.5) is 0 Å². The molecule has 3 heteroatoms. The predicted octanol–water partition coefficient (Wildman–Crippen LogP) is 1.66. The van der Waals surface area contributed by atoms with Crippen LogP contribution in [-0.4, -0.2) is 20.8 Å². The predicted molar refractivity (Wildman–Crippen MR) is 55.6 cm³/mol. The molecule has 0 aliphatic carbocycles. The first-order valence-corrected chi connectivity index (χ1v) is 5.91. The van der Waals surface area contributed by atoms with Crippen LogP contribution in [0.1, 0.15) is 40.5 Å². The Morgan fingerprint density at radius 3 is 2.33 bits per heavy atom. The van der Waals surface area contributed by atoms with E-state index >= 15 is 0 Å². The third-order valence-electron chi connectivity index (χ3n) is 1.66. The first-order chi connectivity index (χ1) is 5.37. The molecule has 0 radical (unpaired) electrons. The summed E-state index contributed by atoms with van der Waals surface area (Å²) in [5.74, 6) is 0.605. The zero-order chi connectivity index (χ0) is 9.78. The Hall–Kier alpha value is 0.110. The lowest BCUT2D eigenvalue weighted by atomic mass is 10.1. The van der Waals surface area contributed by atoms with Crippen LogP contribution in [0.2, 0.25) is 0 Å². The van der Waals surface area contributed by atoms with E-state index < -0.39 is 10.8 Å². The highest BCUT2D eigenvalue weighted by Crippen LogP contribution is 2.09. The van der Waals surface area contributed by atoms with E-state index in [1.54, 1.807) is 0 Å². The summed E-state index contributed by atoms with van der Waals surface area (Å²) in [5, 5.41) is 0.290. The van der Waals surface area contributed by atoms with Crippen molar-refractivity contribution in [3.63, 3.8) is 0 Å². The summed E-state index contributed by atoms with van der Waals surface area (Å²) in [6, 6.07) is 0. The van der Waals surface area contributed by atoms with Gasteiger partial charge in [0, 0.05) is 27.3 Å². The van der Waals surface area contributed by atoms with Crippen molar-refractivity contribution >= 4 is 10.8 Å². The van der Waals surface area contributed by atoms with Gasteiger partial charge in [0.2, 0.25) is 0 Å². The molecule has 0 aliphatic heterocycles. The first-order valence-electron chi connectivity index (χ1n) is 4.53. The van der Waals surface area contributed by atoms with Gasteiger partial charge in [0.25, 0.3) is 0 Å². The van der Waals surface area contributed by atoms with Crippen molar-refractivity contribution in [2.45, 2.75) is 51.3 Å². The van der Waals surface area contributed by atoms with Crippen molar-refractivity contribution in [3.05, 3.63) is 0 Å². The maximum absolute atomic E-state index is 11.6. The van der Waals surface area contributed by atoms with Crippen LogP contribution in [0.15, 0.2) is 0 Å². The summed E-state index contributed by atoms with van der Waals surface area (Å²) >= 11 is 0. The molecule has 0 rings (SSSR count). The minimum absolute atomic E-state index is 0.290. The molecule has 2 atom stereocenters. The molecule has 2 nitrogen and oxygen atoms in total. The van der Waals surface area contributed by atoms with Gasteiger partial charge in [0.1, 0.15) is 0 Å². The lowest BCUT2D eigenvalue weighted by Gasteiger charge is -2.20. The van der Waals surface area contributed by atoms with Crippen LogP contribution in [0.5, 0.6) is 0 Å². The molecule has 0 saturated heterocycles. The van der Waals surface area contributed by atoms with E-state index in [9.17, 15) is 4.21 Å². The fourth-order valence-electron chi connectivity index (χ4n) is 1.05. The largest absolute Gasteiger partial charge is 0.325 e. The fraction of sp³-hybridized carbons (Fsp3) is 1.00. The first kappa shape index (κ1) is 12.1. The van der Waals surface area contributed by atoms with Gasteiger partial charge in [-0.05, 0) is 20.3 Å². The smallest absolute Gasteiger partial charge is 0.0412 e. The molecule has 0 aromatic rings. The van der Waals surface area contributed by atoms with E-state index in [-0.39, 0.29) is 10.8 Å². The highest BCUT2D eigenvalue weighted by atomic mass is 32.2. The van der Waals surface area contributed by atoms with E-state index in [4.69, 9.17) is 5.73 Å². The van der Waals surface area contributed by atoms with Crippen molar-refractivity contribution in [2.24, 2.45) is 5.73 Å². The molecular weight excluding hydrogens is 170 g/mol. The zero-order valence-electron chi connectivity index (χ0n) is 8.59. The highest BCUT2D eigenvalue weighted by Gasteiger charge is 2.18. The minimum atomic E-state index is -0.759. The van der Waals surface area contributed by atoms with Crippen LogP contribution in [0.3, 0.4) is 0 Å². The standard InChI is InChI=1S/C9H21NOS/c1-5-6-8(2)12(11)7-9(3,4)10/h8H,5-7,10H2,1-4H3. The van der Waals surface area contributed by atoms with Gasteiger partial charge in [0.05, 0.1) is 0 Å². The minimum Gasteiger partial charge on any atom is -0.325 e. The van der Waals surface area contributed by atoms with E-state index in [1.165, 1.54) is 0 Å². The third-order valence-corrected chi connectivity index (χ3v) is 3.82. The monoisotopic (exact) mass is 191 g/mol. The van der Waals surface area contributed by atoms with Crippen LogP contribution < -0.4 is 5.73 Å². The second-order valence-corrected chi connectivity index (χ2v) is 5.97. The molecule has 0 heterocycles. The van der Waals surface area contributed by atoms with E-state index in [1.807, 2.05) is 20.8 Å². The van der Waals surface area contributed by atoms with Gasteiger partial charge in [-0.25, -0.2) is 0 Å². The maximum atomic E-state index is 11.6. The van der Waals surface area contributed by atoms with Crippen LogP contribution in [-0.2, 0) is 10.8 Å². The zero-order valence-corrected chi connectivity index (χ0v) is 9.41. The summed E-state index contributed by atoms with van der Waals surface area (Å²) in [6.45, 7) is 7.99. The van der Waals surface area contributed by atoms with Crippen LogP contribution >= 0.6 is 0 Å². The Bertz CT molecular complexity index is 151. The molecule has 2 unspecified atom stereocenters. The molecule has 0 amide bonds. The molecule has 0 fully saturated rings. The van der Waals surface area contributed by atoms with Crippen molar-refractivity contribution in [2.75, 3.05) is 5.75 Å². The van der Waals surface area contributed by atoms with E-state index in [0.29, 0.717) is 5.75 Å². The lowest BCUT2D eigenvalue weighted by Crippen LogP contribution is -2.40. The van der Waals surface area contributed by atoms with Crippen molar-refractivity contribution < 1.29 is 4.21 Å². The number of hydrogen-bond acceptors (Lipinski definition) is 2. The van der Waals surface area contributed by atoms with Crippen molar-refractivity contribution in [1.29, 1.82) is 0 Å². The van der Waals surface area contributed by atoms with Gasteiger partial charge < -0.3 is 5.73 Å². The summed E-state index contributed by atoms with van der Waals surface area (Å²) in [6.07, 6.45) is 2.13. The molecule has 0 aliphatic rings. The third kappa shape index (κ3) is 5.72. The van der Waals surface area contributed by atoms with Gasteiger partial charge >= 0.3 is 0 Å². The van der Waals surface area contributed by atoms with Crippen LogP contribution in [0.25, 0.3) is 0 Å². The van der Waals surface area contributed by atoms with Gasteiger partial charge in [-0.2, -0.15) is 0 Å². The average molecular weight is 191 g/mol. The SMILES string of the molecule is CCCC(C)S(=O)CC(C)(C)N. The molecule has 0 spiro atoms. The second-order valence-electron chi connectivity index (χ2n) is 4.11. The normalized spacial score (nSPS) is 17.4. The van der Waals surface area contributed by atoms with E-state index in [2.05, 4.69) is 6.92 Å². The van der Waals surface area contributed by atoms with E-state index in [0.717, 1.165) is 12.8 Å². The Morgan fingerprint density at radius 2 is 2.00 bits per heavy atom. The maximum Gasteiger partial charge on any atom is 0.0412 e. The van der Waals surface area contributed by atoms with Crippen molar-refractivity contribution in [1.82, 2.24) is 0 Å². The molecule has 2 N–H and O–H groups in total. The molecule has 0 aromatic carbocycles. The van der Waals surface area contributed by atoms with Crippen LogP contribution in [0, 0.1) is 0 Å². The fourth-order valence-corrected chi connectivity index (χ4v) is 2.56. The molecular formula is C9H21NOS. The average Bonchev–Trinajstić information content (AvgIpc) is 1.84. The molecule has 74 valence electrons. The number of nitrogens with two attached hydrogens (primary N) is 1. The van der Waals surface area contributed by atoms with Gasteiger partial charge in [-0.3, -0.25) is 4.21 Å². The second kappa shape index (κ2) is 4.97. The lowest BCUT2D eigenvalue weighted by molar-refractivity contribution is 0.572. The molecule has 0 aromatic heterocycles. The molecule has 12 heavy (non-hydrogen) atoms.